The molecular formula is C36H50N2O8. The van der Waals surface area contributed by atoms with Crippen LogP contribution in [0.25, 0.3) is 0 Å². The van der Waals surface area contributed by atoms with Crippen LogP contribution in [0.1, 0.15) is 76.8 Å². The predicted octanol–water partition coefficient (Wildman–Crippen LogP) is 6.36. The van der Waals surface area contributed by atoms with Gasteiger partial charge >= 0.3 is 24.1 Å². The molecule has 1 saturated carbocycles. The summed E-state index contributed by atoms with van der Waals surface area (Å²) < 4.78 is 21.1. The fourth-order valence-corrected chi connectivity index (χ4v) is 6.36. The van der Waals surface area contributed by atoms with E-state index in [1.165, 1.54) is 0 Å². The van der Waals surface area contributed by atoms with Crippen molar-refractivity contribution in [3.63, 3.8) is 0 Å². The molecule has 3 rings (SSSR count). The van der Waals surface area contributed by atoms with Gasteiger partial charge in [0.15, 0.2) is 0 Å². The zero-order valence-electron chi connectivity index (χ0n) is 27.5. The molecule has 2 N–H and O–H groups in total. The van der Waals surface area contributed by atoms with Crippen molar-refractivity contribution >= 4 is 24.1 Å². The number of nitrogens with one attached hydrogen (secondary N) is 2. The van der Waals surface area contributed by atoms with Crippen LogP contribution in [-0.4, -0.2) is 57.1 Å². The Kier molecular flexibility index (Phi) is 14.9. The number of amides is 2. The Morgan fingerprint density at radius 3 is 1.87 bits per heavy atom. The van der Waals surface area contributed by atoms with E-state index in [0.717, 1.165) is 30.4 Å². The maximum absolute atomic E-state index is 12.6. The van der Waals surface area contributed by atoms with E-state index in [0.29, 0.717) is 45.2 Å². The highest BCUT2D eigenvalue weighted by Gasteiger charge is 2.42. The van der Waals surface area contributed by atoms with Crippen LogP contribution in [0.4, 0.5) is 9.59 Å². The van der Waals surface area contributed by atoms with Crippen LogP contribution >= 0.6 is 0 Å². The summed E-state index contributed by atoms with van der Waals surface area (Å²) in [6, 6.07) is 19.3. The molecule has 2 aromatic carbocycles. The molecule has 1 aliphatic rings. The summed E-state index contributed by atoms with van der Waals surface area (Å²) >= 11 is 0. The summed E-state index contributed by atoms with van der Waals surface area (Å²) in [5.74, 6) is -0.421. The summed E-state index contributed by atoms with van der Waals surface area (Å²) in [5, 5.41) is 5.58. The van der Waals surface area contributed by atoms with Gasteiger partial charge in [-0.3, -0.25) is 9.59 Å². The number of carbonyl (C=O) groups is 4. The van der Waals surface area contributed by atoms with E-state index in [4.69, 9.17) is 18.9 Å². The number of hydrogen-bond donors (Lipinski definition) is 2. The first-order chi connectivity index (χ1) is 22.0. The molecule has 252 valence electrons. The van der Waals surface area contributed by atoms with Gasteiger partial charge in [-0.15, -0.1) is 0 Å². The van der Waals surface area contributed by atoms with Gasteiger partial charge in [-0.25, -0.2) is 9.59 Å². The van der Waals surface area contributed by atoms with E-state index in [1.54, 1.807) is 0 Å². The van der Waals surface area contributed by atoms with Crippen LogP contribution in [0, 0.1) is 16.7 Å². The monoisotopic (exact) mass is 638 g/mol. The number of benzene rings is 2. The van der Waals surface area contributed by atoms with Crippen molar-refractivity contribution in [1.82, 2.24) is 10.6 Å². The number of alkyl carbamates (subject to hydrolysis) is 2. The third kappa shape index (κ3) is 14.8. The highest BCUT2D eigenvalue weighted by atomic mass is 16.6. The predicted molar refractivity (Wildman–Crippen MR) is 174 cm³/mol. The molecular weight excluding hydrogens is 588 g/mol. The van der Waals surface area contributed by atoms with Crippen molar-refractivity contribution < 1.29 is 38.1 Å². The van der Waals surface area contributed by atoms with Crippen LogP contribution in [0.5, 0.6) is 0 Å². The Morgan fingerprint density at radius 1 is 0.696 bits per heavy atom. The number of esters is 2. The maximum Gasteiger partial charge on any atom is 0.407 e. The van der Waals surface area contributed by atoms with E-state index < -0.39 is 12.2 Å². The molecule has 2 atom stereocenters. The summed E-state index contributed by atoms with van der Waals surface area (Å²) in [4.78, 5) is 48.8. The van der Waals surface area contributed by atoms with E-state index in [-0.39, 0.29) is 55.1 Å². The average molecular weight is 639 g/mol. The molecule has 0 heterocycles. The van der Waals surface area contributed by atoms with Crippen molar-refractivity contribution in [1.29, 1.82) is 0 Å². The molecule has 0 aliphatic heterocycles. The quantitative estimate of drug-likeness (QED) is 0.116. The molecule has 2 unspecified atom stereocenters. The Bertz CT molecular complexity index is 1240. The second-order valence-electron chi connectivity index (χ2n) is 13.2. The van der Waals surface area contributed by atoms with E-state index in [2.05, 4.69) is 31.4 Å². The van der Waals surface area contributed by atoms with Crippen LogP contribution in [0.2, 0.25) is 0 Å². The highest BCUT2D eigenvalue weighted by Crippen LogP contribution is 2.49. The molecule has 0 radical (unpaired) electrons. The standard InChI is InChI=1S/C36H50N2O8/c1-35(2)23-30(22-32(40)44-19-11-20-45-33(41)37-25-29-14-8-5-9-15-29)24-36(3,26-35)27-38-34(42)46-21-10-18-43-31(39)17-16-28-12-6-4-7-13-28/h4-9,12-15,30H,10-11,16-27H2,1-3H3,(H,37,41)(H,38,42). The molecule has 0 spiro atoms. The Hall–Kier alpha value is -4.08. The minimum Gasteiger partial charge on any atom is -0.466 e. The van der Waals surface area contributed by atoms with E-state index in [1.807, 2.05) is 60.7 Å². The summed E-state index contributed by atoms with van der Waals surface area (Å²) in [6.45, 7) is 7.99. The van der Waals surface area contributed by atoms with Gasteiger partial charge in [-0.05, 0) is 53.6 Å². The molecule has 1 aliphatic carbocycles. The van der Waals surface area contributed by atoms with Crippen LogP contribution in [0.3, 0.4) is 0 Å². The molecule has 0 aromatic heterocycles. The third-order valence-corrected chi connectivity index (χ3v) is 7.95. The lowest BCUT2D eigenvalue weighted by atomic mass is 9.60. The molecule has 46 heavy (non-hydrogen) atoms. The fourth-order valence-electron chi connectivity index (χ4n) is 6.36. The number of carbonyl (C=O) groups excluding carboxylic acids is 4. The second kappa shape index (κ2) is 18.8. The number of hydrogen-bond acceptors (Lipinski definition) is 8. The lowest BCUT2D eigenvalue weighted by Crippen LogP contribution is -2.44. The maximum atomic E-state index is 12.6. The molecule has 10 heteroatoms. The molecule has 0 bridgehead atoms. The van der Waals surface area contributed by atoms with Crippen molar-refractivity contribution in [2.45, 2.75) is 78.7 Å². The van der Waals surface area contributed by atoms with Gasteiger partial charge in [0.2, 0.25) is 0 Å². The lowest BCUT2D eigenvalue weighted by molar-refractivity contribution is -0.146. The third-order valence-electron chi connectivity index (χ3n) is 7.95. The first-order valence-electron chi connectivity index (χ1n) is 16.2. The topological polar surface area (TPSA) is 129 Å². The van der Waals surface area contributed by atoms with Gasteiger partial charge in [-0.2, -0.15) is 0 Å². The zero-order valence-corrected chi connectivity index (χ0v) is 27.5. The second-order valence-corrected chi connectivity index (χ2v) is 13.2. The minimum atomic E-state index is -0.507. The molecule has 10 nitrogen and oxygen atoms in total. The van der Waals surface area contributed by atoms with Gasteiger partial charge in [0.25, 0.3) is 0 Å². The van der Waals surface area contributed by atoms with Gasteiger partial charge in [0, 0.05) is 38.8 Å². The number of ether oxygens (including phenoxy) is 4. The van der Waals surface area contributed by atoms with Gasteiger partial charge in [0.1, 0.15) is 0 Å². The van der Waals surface area contributed by atoms with Gasteiger partial charge < -0.3 is 29.6 Å². The van der Waals surface area contributed by atoms with Crippen molar-refractivity contribution in [2.24, 2.45) is 16.7 Å². The normalized spacial score (nSPS) is 18.5. The smallest absolute Gasteiger partial charge is 0.407 e. The molecule has 1 fully saturated rings. The first kappa shape index (κ1) is 36.4. The van der Waals surface area contributed by atoms with E-state index in [9.17, 15) is 19.2 Å². The fraction of sp³-hybridized carbons (Fsp3) is 0.556. The van der Waals surface area contributed by atoms with Gasteiger partial charge in [0.05, 0.1) is 26.4 Å². The summed E-state index contributed by atoms with van der Waals surface area (Å²) in [5.41, 5.74) is 1.85. The largest absolute Gasteiger partial charge is 0.466 e. The van der Waals surface area contributed by atoms with Crippen molar-refractivity contribution in [3.05, 3.63) is 71.8 Å². The number of rotatable bonds is 17. The van der Waals surface area contributed by atoms with Gasteiger partial charge in [-0.1, -0.05) is 81.4 Å². The Morgan fingerprint density at radius 2 is 1.24 bits per heavy atom. The molecule has 2 aromatic rings. The minimum absolute atomic E-state index is 0.00509. The van der Waals surface area contributed by atoms with Crippen LogP contribution < -0.4 is 10.6 Å². The van der Waals surface area contributed by atoms with Crippen molar-refractivity contribution in [3.8, 4) is 0 Å². The lowest BCUT2D eigenvalue weighted by Gasteiger charge is -2.46. The van der Waals surface area contributed by atoms with E-state index >= 15 is 0 Å². The molecule has 0 saturated heterocycles. The Labute approximate surface area is 272 Å². The Balaban J connectivity index is 1.26. The zero-order chi connectivity index (χ0) is 33.3. The van der Waals surface area contributed by atoms with Crippen LogP contribution in [0.15, 0.2) is 60.7 Å². The first-order valence-corrected chi connectivity index (χ1v) is 16.2. The summed E-state index contributed by atoms with van der Waals surface area (Å²) in [7, 11) is 0. The average Bonchev–Trinajstić information content (AvgIpc) is 3.01. The van der Waals surface area contributed by atoms with Crippen molar-refractivity contribution in [2.75, 3.05) is 33.0 Å². The highest BCUT2D eigenvalue weighted by molar-refractivity contribution is 5.70. The van der Waals surface area contributed by atoms with Crippen LogP contribution in [-0.2, 0) is 41.5 Å². The SMILES string of the molecule is CC1(C)CC(CC(=O)OCCCOC(=O)NCc2ccccc2)CC(C)(CNC(=O)OCCCOC(=O)CCc2ccccc2)C1. The summed E-state index contributed by atoms with van der Waals surface area (Å²) in [6.07, 6.45) is 3.62. The molecule has 2 amide bonds. The number of aryl methyl sites for hydroxylation is 1.